The summed E-state index contributed by atoms with van der Waals surface area (Å²) in [6.45, 7) is 3.47. The Morgan fingerprint density at radius 2 is 1.76 bits per heavy atom. The molecule has 1 aliphatic heterocycles. The Bertz CT molecular complexity index is 1250. The summed E-state index contributed by atoms with van der Waals surface area (Å²) in [6.07, 6.45) is -0.454. The lowest BCUT2D eigenvalue weighted by atomic mass is 9.50. The molecule has 3 aliphatic carbocycles. The zero-order chi connectivity index (χ0) is 27.8. The topological polar surface area (TPSA) is 179 Å². The largest absolute Gasteiger partial charge is 0.505 e. The summed E-state index contributed by atoms with van der Waals surface area (Å²) in [5.74, 6) is -12.7. The molecule has 1 saturated heterocycles. The first-order valence-corrected chi connectivity index (χ1v) is 12.9. The Morgan fingerprint density at radius 1 is 1.13 bits per heavy atom. The van der Waals surface area contributed by atoms with Crippen molar-refractivity contribution >= 4 is 34.7 Å². The van der Waals surface area contributed by atoms with E-state index in [4.69, 9.17) is 5.73 Å². The molecule has 11 heteroatoms. The second-order valence-electron chi connectivity index (χ2n) is 11.3. The third-order valence-corrected chi connectivity index (χ3v) is 9.45. The molecule has 7 atom stereocenters. The highest BCUT2D eigenvalue weighted by Crippen LogP contribution is 2.54. The molecule has 5 N–H and O–H groups in total. The molecule has 0 radical (unpaired) electrons. The molecule has 2 saturated carbocycles. The van der Waals surface area contributed by atoms with Crippen LogP contribution in [0.2, 0.25) is 0 Å². The number of aliphatic hydroxyl groups excluding tert-OH is 1. The van der Waals surface area contributed by atoms with Gasteiger partial charge in [0, 0.05) is 31.3 Å². The number of carbonyl (C=O) groups excluding carboxylic acids is 5. The fourth-order valence-corrected chi connectivity index (χ4v) is 7.21. The molecule has 204 valence electrons. The number of primary amides is 1. The van der Waals surface area contributed by atoms with Crippen LogP contribution < -0.4 is 10.6 Å². The van der Waals surface area contributed by atoms with E-state index in [9.17, 15) is 39.3 Å². The number of carbonyl (C=O) groups is 5. The molecule has 11 nitrogen and oxygen atoms in total. The molecule has 5 rings (SSSR count). The zero-order valence-electron chi connectivity index (χ0n) is 21.6. The van der Waals surface area contributed by atoms with Gasteiger partial charge in [-0.05, 0) is 50.5 Å². The maximum Gasteiger partial charge on any atom is 0.235 e. The number of nitrogens with two attached hydrogens (primary N) is 1. The van der Waals surface area contributed by atoms with Crippen molar-refractivity contribution in [3.05, 3.63) is 23.3 Å². The van der Waals surface area contributed by atoms with E-state index < -0.39 is 76.8 Å². The molecule has 2 unspecified atom stereocenters. The number of piperidine rings is 1. The van der Waals surface area contributed by atoms with Gasteiger partial charge in [-0.25, -0.2) is 0 Å². The van der Waals surface area contributed by atoms with Crippen LogP contribution >= 0.6 is 0 Å². The van der Waals surface area contributed by atoms with Crippen LogP contribution in [0.15, 0.2) is 12.1 Å². The van der Waals surface area contributed by atoms with Gasteiger partial charge >= 0.3 is 0 Å². The van der Waals surface area contributed by atoms with Crippen LogP contribution in [0.4, 0.5) is 5.69 Å². The van der Waals surface area contributed by atoms with Crippen molar-refractivity contribution in [1.82, 2.24) is 4.90 Å². The highest BCUT2D eigenvalue weighted by Gasteiger charge is 2.69. The summed E-state index contributed by atoms with van der Waals surface area (Å²) in [5, 5.41) is 34.0. The minimum atomic E-state index is -2.92. The summed E-state index contributed by atoms with van der Waals surface area (Å²) >= 11 is 0. The van der Waals surface area contributed by atoms with Crippen LogP contribution in [0.25, 0.3) is 0 Å². The lowest BCUT2D eigenvalue weighted by Gasteiger charge is -2.53. The number of phenols is 1. The number of fused-ring (bicyclic) bond motifs is 3. The van der Waals surface area contributed by atoms with Gasteiger partial charge in [0.25, 0.3) is 0 Å². The Morgan fingerprint density at radius 3 is 2.37 bits per heavy atom. The molecule has 1 amide bonds. The molecule has 3 fully saturated rings. The first-order chi connectivity index (χ1) is 17.8. The number of Topliss-reactive ketones (excluding diaryl/α,β-unsaturated/α-hetero) is 4. The third-order valence-electron chi connectivity index (χ3n) is 9.45. The van der Waals surface area contributed by atoms with Gasteiger partial charge in [-0.3, -0.25) is 24.0 Å². The van der Waals surface area contributed by atoms with Crippen molar-refractivity contribution in [2.45, 2.75) is 49.9 Å². The summed E-state index contributed by atoms with van der Waals surface area (Å²) < 4.78 is 0. The van der Waals surface area contributed by atoms with Crippen LogP contribution in [-0.2, 0) is 19.2 Å². The SMILES string of the molecule is C[C@H]1c2ccc(N(C)C3CCN(C)CC3)c(O)c2C(=O)C2C(=O)[C@]3(O)C(=O)C(C(N)=O)C(=O)C[C@@H]3[C@@H](O)[C@@H]21. The van der Waals surface area contributed by atoms with Crippen LogP contribution in [-0.4, -0.2) is 94.2 Å². The maximum absolute atomic E-state index is 13.9. The summed E-state index contributed by atoms with van der Waals surface area (Å²) in [5.41, 5.74) is 3.08. The molecule has 4 aliphatic rings. The number of hydrogen-bond donors (Lipinski definition) is 4. The fourth-order valence-electron chi connectivity index (χ4n) is 7.21. The van der Waals surface area contributed by atoms with Crippen LogP contribution in [0.5, 0.6) is 5.75 Å². The highest BCUT2D eigenvalue weighted by atomic mass is 16.3. The van der Waals surface area contributed by atoms with Gasteiger partial charge in [0.2, 0.25) is 5.91 Å². The van der Waals surface area contributed by atoms with E-state index in [2.05, 4.69) is 4.90 Å². The average molecular weight is 528 g/mol. The van der Waals surface area contributed by atoms with E-state index in [1.165, 1.54) is 0 Å². The van der Waals surface area contributed by atoms with Crippen molar-refractivity contribution < 1.29 is 39.3 Å². The third kappa shape index (κ3) is 3.48. The van der Waals surface area contributed by atoms with Gasteiger partial charge in [-0.15, -0.1) is 0 Å². The van der Waals surface area contributed by atoms with Gasteiger partial charge in [-0.2, -0.15) is 0 Å². The predicted octanol–water partition coefficient (Wildman–Crippen LogP) is -0.611. The molecule has 0 bridgehead atoms. The Hall–Kier alpha value is -3.15. The smallest absolute Gasteiger partial charge is 0.235 e. The van der Waals surface area contributed by atoms with Gasteiger partial charge in [0.1, 0.15) is 5.75 Å². The standard InChI is InChI=1S/C27H33N3O8/c1-11-13-4-5-15(30(3)12-6-8-29(2)9-7-12)22(33)18(13)23(34)20-17(11)21(32)14-10-16(31)19(26(28)37)24(35)27(14,38)25(20)36/h4-5,11-12,14,17,19-21,32-33,38H,6-10H2,1-3H3,(H2,28,37)/t11-,14+,17+,19?,20?,21+,27+/m0/s1. The monoisotopic (exact) mass is 527 g/mol. The van der Waals surface area contributed by atoms with E-state index in [1.54, 1.807) is 19.1 Å². The Kier molecular flexibility index (Phi) is 6.24. The van der Waals surface area contributed by atoms with Crippen molar-refractivity contribution in [2.75, 3.05) is 32.1 Å². The van der Waals surface area contributed by atoms with E-state index in [1.807, 2.05) is 19.0 Å². The summed E-state index contributed by atoms with van der Waals surface area (Å²) in [7, 11) is 3.87. The second kappa shape index (κ2) is 8.96. The van der Waals surface area contributed by atoms with Crippen LogP contribution in [0, 0.1) is 23.7 Å². The van der Waals surface area contributed by atoms with E-state index in [0.29, 0.717) is 11.3 Å². The van der Waals surface area contributed by atoms with Crippen LogP contribution in [0.1, 0.15) is 48.0 Å². The molecular weight excluding hydrogens is 494 g/mol. The number of likely N-dealkylation sites (tertiary alicyclic amines) is 1. The first kappa shape index (κ1) is 26.5. The number of benzene rings is 1. The number of anilines is 1. The Labute approximate surface area is 219 Å². The normalized spacial score (nSPS) is 35.9. The van der Waals surface area contributed by atoms with Gasteiger partial charge < -0.3 is 30.9 Å². The molecule has 38 heavy (non-hydrogen) atoms. The van der Waals surface area contributed by atoms with Crippen molar-refractivity contribution in [2.24, 2.45) is 29.4 Å². The minimum absolute atomic E-state index is 0.0792. The van der Waals surface area contributed by atoms with E-state index >= 15 is 0 Å². The number of rotatable bonds is 3. The number of aromatic hydroxyl groups is 1. The number of nitrogens with zero attached hydrogens (tertiary/aromatic N) is 2. The minimum Gasteiger partial charge on any atom is -0.505 e. The molecule has 1 heterocycles. The zero-order valence-corrected chi connectivity index (χ0v) is 21.6. The number of hydrogen-bond acceptors (Lipinski definition) is 10. The fraction of sp³-hybridized carbons (Fsp3) is 0.593. The van der Waals surface area contributed by atoms with Crippen molar-refractivity contribution in [1.29, 1.82) is 0 Å². The number of aliphatic hydroxyl groups is 2. The molecule has 0 aromatic heterocycles. The summed E-state index contributed by atoms with van der Waals surface area (Å²) in [4.78, 5) is 69.2. The lowest BCUT2D eigenvalue weighted by Crippen LogP contribution is -2.72. The average Bonchev–Trinajstić information content (AvgIpc) is 2.86. The lowest BCUT2D eigenvalue weighted by molar-refractivity contribution is -0.189. The quantitative estimate of drug-likeness (QED) is 0.371. The Balaban J connectivity index is 1.57. The number of ketones is 4. The first-order valence-electron chi connectivity index (χ1n) is 12.9. The van der Waals surface area contributed by atoms with Crippen LogP contribution in [0.3, 0.4) is 0 Å². The van der Waals surface area contributed by atoms with Gasteiger partial charge in [0.15, 0.2) is 34.7 Å². The molecule has 1 aromatic carbocycles. The maximum atomic E-state index is 13.9. The molecule has 1 aromatic rings. The molecule has 0 spiro atoms. The molecular formula is C27H33N3O8. The van der Waals surface area contributed by atoms with Crippen molar-refractivity contribution in [3.63, 3.8) is 0 Å². The van der Waals surface area contributed by atoms with Gasteiger partial charge in [-0.1, -0.05) is 13.0 Å². The second-order valence-corrected chi connectivity index (χ2v) is 11.3. The van der Waals surface area contributed by atoms with E-state index in [0.717, 1.165) is 25.9 Å². The predicted molar refractivity (Wildman–Crippen MR) is 134 cm³/mol. The highest BCUT2D eigenvalue weighted by molar-refractivity contribution is 6.31. The number of phenolic OH excluding ortho intramolecular Hbond substituents is 1. The van der Waals surface area contributed by atoms with Crippen molar-refractivity contribution in [3.8, 4) is 5.75 Å². The number of amides is 1. The summed E-state index contributed by atoms with van der Waals surface area (Å²) in [6, 6.07) is 3.55. The van der Waals surface area contributed by atoms with Gasteiger partial charge in [0.05, 0.1) is 23.3 Å². The van der Waals surface area contributed by atoms with E-state index in [-0.39, 0.29) is 17.4 Å².